The zero-order valence-corrected chi connectivity index (χ0v) is 27.2. The number of fused-ring (bicyclic) bond motifs is 1. The van der Waals surface area contributed by atoms with Gasteiger partial charge >= 0.3 is 0 Å². The number of carbonyl (C=O) groups is 2. The number of sulfone groups is 1. The minimum absolute atomic E-state index is 0.0231. The molecule has 0 radical (unpaired) electrons. The molecule has 2 heterocycles. The summed E-state index contributed by atoms with van der Waals surface area (Å²) in [6.45, 7) is 9.89. The van der Waals surface area contributed by atoms with Gasteiger partial charge in [0.05, 0.1) is 22.7 Å². The molecule has 1 saturated heterocycles. The van der Waals surface area contributed by atoms with Gasteiger partial charge in [0.25, 0.3) is 11.8 Å². The topological polar surface area (TPSA) is 134 Å². The van der Waals surface area contributed by atoms with Crippen molar-refractivity contribution in [2.75, 3.05) is 25.6 Å². The van der Waals surface area contributed by atoms with Crippen LogP contribution in [-0.2, 0) is 25.8 Å². The Morgan fingerprint density at radius 3 is 2.48 bits per heavy atom. The molecule has 44 heavy (non-hydrogen) atoms. The van der Waals surface area contributed by atoms with E-state index in [-0.39, 0.29) is 36.3 Å². The summed E-state index contributed by atoms with van der Waals surface area (Å²) in [7, 11) is -3.83. The number of amides is 2. The van der Waals surface area contributed by atoms with Crippen molar-refractivity contribution in [3.8, 4) is 11.5 Å². The molecule has 1 fully saturated rings. The van der Waals surface area contributed by atoms with E-state index >= 15 is 0 Å². The lowest BCUT2D eigenvalue weighted by atomic mass is 9.91. The lowest BCUT2D eigenvalue weighted by Gasteiger charge is -2.43. The van der Waals surface area contributed by atoms with Crippen molar-refractivity contribution in [2.45, 2.75) is 83.7 Å². The average Bonchev–Trinajstić information content (AvgIpc) is 3.64. The molecule has 2 aromatic carbocycles. The van der Waals surface area contributed by atoms with Gasteiger partial charge in [0.1, 0.15) is 0 Å². The Labute approximate surface area is 260 Å². The second-order valence-corrected chi connectivity index (χ2v) is 15.2. The number of quaternary nitrogens is 1. The molecule has 3 N–H and O–H groups in total. The number of rotatable bonds is 13. The van der Waals surface area contributed by atoms with Gasteiger partial charge in [-0.15, -0.1) is 10.4 Å². The molecule has 242 valence electrons. The van der Waals surface area contributed by atoms with Crippen LogP contribution < -0.4 is 20.2 Å². The molecule has 0 spiro atoms. The molecule has 4 atom stereocenters. The highest BCUT2D eigenvalue weighted by Crippen LogP contribution is 2.35. The predicted molar refractivity (Wildman–Crippen MR) is 165 cm³/mol. The largest absolute Gasteiger partial charge is 0.454 e. The van der Waals surface area contributed by atoms with Gasteiger partial charge in [0.2, 0.25) is 6.79 Å². The van der Waals surface area contributed by atoms with Crippen LogP contribution in [0.25, 0.3) is 0 Å². The summed E-state index contributed by atoms with van der Waals surface area (Å²) in [6, 6.07) is 13.1. The fourth-order valence-electron chi connectivity index (χ4n) is 5.86. The number of hydroxylamine groups is 1. The maximum Gasteiger partial charge on any atom is 0.287 e. The number of nitrogens with one attached hydrogen (secondary N) is 2. The van der Waals surface area contributed by atoms with Gasteiger partial charge in [0, 0.05) is 23.3 Å². The minimum Gasteiger partial charge on any atom is -0.454 e. The number of hydrogen-bond acceptors (Lipinski definition) is 8. The summed E-state index contributed by atoms with van der Waals surface area (Å²) in [5.41, 5.74) is 3.33. The molecule has 4 rings (SSSR count). The van der Waals surface area contributed by atoms with E-state index in [0.29, 0.717) is 37.3 Å². The third-order valence-corrected chi connectivity index (χ3v) is 9.84. The quantitative estimate of drug-likeness (QED) is 0.223. The smallest absolute Gasteiger partial charge is 0.287 e. The van der Waals surface area contributed by atoms with Crippen molar-refractivity contribution in [3.05, 3.63) is 54.1 Å². The van der Waals surface area contributed by atoms with Crippen LogP contribution in [0.4, 0.5) is 0 Å². The number of hydrogen-bond donors (Lipinski definition) is 3. The third kappa shape index (κ3) is 8.50. The number of nitrogens with zero attached hydrogens (tertiary/aromatic N) is 2. The van der Waals surface area contributed by atoms with E-state index in [4.69, 9.17) is 9.47 Å². The molecule has 0 saturated carbocycles. The zero-order valence-electron chi connectivity index (χ0n) is 26.4. The monoisotopic (exact) mass is 631 g/mol. The molecular formula is C32H47N4O7S+. The minimum atomic E-state index is -3.83. The van der Waals surface area contributed by atoms with Crippen LogP contribution >= 0.6 is 0 Å². The molecule has 2 aliphatic heterocycles. The molecule has 2 amide bonds. The van der Waals surface area contributed by atoms with Crippen molar-refractivity contribution >= 4 is 21.7 Å². The van der Waals surface area contributed by atoms with Crippen LogP contribution in [-0.4, -0.2) is 73.0 Å². The molecule has 0 aromatic heterocycles. The first-order valence-corrected chi connectivity index (χ1v) is 17.0. The van der Waals surface area contributed by atoms with Gasteiger partial charge in [-0.25, -0.2) is 8.42 Å². The van der Waals surface area contributed by atoms with E-state index < -0.39 is 44.0 Å². The van der Waals surface area contributed by atoms with E-state index in [9.17, 15) is 23.2 Å². The van der Waals surface area contributed by atoms with Gasteiger partial charge in [-0.1, -0.05) is 65.0 Å². The highest BCUT2D eigenvalue weighted by molar-refractivity contribution is 7.91. The average molecular weight is 632 g/mol. The SMILES string of the molecule is CCC(Cc1ccccc1)N(C(=O)CC(C)(C)C)[N+](O)(C[C@@H](C)CS(=O)(=O)c1ccc2c(c1)OCO2)NC(=O)C1CCCN1. The first-order chi connectivity index (χ1) is 20.7. The van der Waals surface area contributed by atoms with E-state index in [1.165, 1.54) is 17.1 Å². The second-order valence-electron chi connectivity index (χ2n) is 13.2. The van der Waals surface area contributed by atoms with Crippen LogP contribution in [0.1, 0.15) is 65.9 Å². The Balaban J connectivity index is 1.68. The predicted octanol–water partition coefficient (Wildman–Crippen LogP) is 4.02. The van der Waals surface area contributed by atoms with Crippen molar-refractivity contribution in [1.29, 1.82) is 0 Å². The number of carbonyl (C=O) groups excluding carboxylic acids is 2. The van der Waals surface area contributed by atoms with Crippen LogP contribution in [0.2, 0.25) is 0 Å². The van der Waals surface area contributed by atoms with Gasteiger partial charge in [0.15, 0.2) is 27.9 Å². The lowest BCUT2D eigenvalue weighted by Crippen LogP contribution is -2.73. The Bertz CT molecular complexity index is 1410. The zero-order chi connectivity index (χ0) is 32.1. The first-order valence-electron chi connectivity index (χ1n) is 15.4. The standard InChI is InChI=1S/C32H46N4O7S/c1-6-25(17-24-11-8-7-9-12-24)35(30(37)19-32(3,4)5)36(39,34-31(38)27-13-10-16-33-27)20-23(2)21-44(40,41)26-14-15-28-29(18-26)43-22-42-28/h7-9,11-12,14-15,18,23,25,27,33,39H,6,10,13,16-17,19-22H2,1-5H3/p+1/t23-,25?,27?,36?/m1/s1. The van der Waals surface area contributed by atoms with Crippen molar-refractivity contribution < 1.29 is 37.6 Å². The van der Waals surface area contributed by atoms with Gasteiger partial charge in [-0.2, -0.15) is 5.21 Å². The number of ether oxygens (including phenoxy) is 2. The summed E-state index contributed by atoms with van der Waals surface area (Å²) in [6.07, 6.45) is 2.45. The van der Waals surface area contributed by atoms with Crippen molar-refractivity contribution in [3.63, 3.8) is 0 Å². The van der Waals surface area contributed by atoms with Crippen molar-refractivity contribution in [2.24, 2.45) is 11.3 Å². The molecule has 2 aromatic rings. The molecule has 11 nitrogen and oxygen atoms in total. The second kappa shape index (κ2) is 13.8. The van der Waals surface area contributed by atoms with Crippen LogP contribution in [0.15, 0.2) is 53.4 Å². The molecule has 0 bridgehead atoms. The van der Waals surface area contributed by atoms with E-state index in [1.54, 1.807) is 13.0 Å². The fourth-order valence-corrected chi connectivity index (χ4v) is 7.47. The van der Waals surface area contributed by atoms with Gasteiger partial charge in [-0.05, 0) is 55.3 Å². The number of benzene rings is 2. The Morgan fingerprint density at radius 2 is 1.84 bits per heavy atom. The molecule has 2 aliphatic rings. The summed E-state index contributed by atoms with van der Waals surface area (Å²) in [4.78, 5) is 26.5. The van der Waals surface area contributed by atoms with Crippen molar-refractivity contribution in [1.82, 2.24) is 15.8 Å². The Hall–Kier alpha value is -3.19. The highest BCUT2D eigenvalue weighted by Gasteiger charge is 2.48. The van der Waals surface area contributed by atoms with Gasteiger partial charge < -0.3 is 14.8 Å². The van der Waals surface area contributed by atoms with E-state index in [2.05, 4.69) is 10.7 Å². The summed E-state index contributed by atoms with van der Waals surface area (Å²) in [5, 5.41) is 17.0. The highest BCUT2D eigenvalue weighted by atomic mass is 32.2. The van der Waals surface area contributed by atoms with Crippen LogP contribution in [0, 0.1) is 11.3 Å². The molecular weight excluding hydrogens is 584 g/mol. The molecule has 0 aliphatic carbocycles. The summed E-state index contributed by atoms with van der Waals surface area (Å²) < 4.78 is 37.7. The van der Waals surface area contributed by atoms with E-state index in [1.807, 2.05) is 58.0 Å². The fraction of sp³-hybridized carbons (Fsp3) is 0.562. The van der Waals surface area contributed by atoms with Crippen LogP contribution in [0.5, 0.6) is 11.5 Å². The summed E-state index contributed by atoms with van der Waals surface area (Å²) >= 11 is 0. The third-order valence-electron chi connectivity index (χ3n) is 7.86. The van der Waals surface area contributed by atoms with Gasteiger partial charge in [-0.3, -0.25) is 9.59 Å². The Kier molecular flexibility index (Phi) is 10.6. The Morgan fingerprint density at radius 1 is 1.14 bits per heavy atom. The molecule has 12 heteroatoms. The maximum absolute atomic E-state index is 14.1. The van der Waals surface area contributed by atoms with E-state index in [0.717, 1.165) is 12.0 Å². The maximum atomic E-state index is 14.1. The van der Waals surface area contributed by atoms with Crippen LogP contribution in [0.3, 0.4) is 0 Å². The first kappa shape index (κ1) is 33.7. The normalized spacial score (nSPS) is 19.2. The summed E-state index contributed by atoms with van der Waals surface area (Å²) in [5.74, 6) is -0.961. The lowest BCUT2D eigenvalue weighted by molar-refractivity contribution is -1.21. The molecule has 3 unspecified atom stereocenters.